The zero-order valence-electron chi connectivity index (χ0n) is 16.0. The third-order valence-corrected chi connectivity index (χ3v) is 5.53. The number of nitrogens with zero attached hydrogens (tertiary/aromatic N) is 4. The number of nitrogen functional groups attached to an aromatic ring is 1. The Labute approximate surface area is 178 Å². The van der Waals surface area contributed by atoms with Gasteiger partial charge in [0.2, 0.25) is 0 Å². The number of aromatic nitrogens is 1. The van der Waals surface area contributed by atoms with E-state index in [1.807, 2.05) is 0 Å². The van der Waals surface area contributed by atoms with Crippen LogP contribution in [-0.2, 0) is 10.1 Å². The number of rotatable bonds is 4. The Hall–Kier alpha value is -4.13. The van der Waals surface area contributed by atoms with Crippen molar-refractivity contribution in [3.8, 4) is 17.3 Å². The third kappa shape index (κ3) is 4.11. The number of pyridine rings is 1. The molecule has 0 bridgehead atoms. The molecule has 152 valence electrons. The summed E-state index contributed by atoms with van der Waals surface area (Å²) in [5.74, 6) is 0. The van der Waals surface area contributed by atoms with Crippen LogP contribution in [0.15, 0.2) is 88.1 Å². The molecule has 0 amide bonds. The van der Waals surface area contributed by atoms with Gasteiger partial charge >= 0.3 is 0 Å². The smallest absolute Gasteiger partial charge is 0.295 e. The second-order valence-corrected chi connectivity index (χ2v) is 8.01. The fraction of sp³-hybridized carbons (Fsp3) is 0. The van der Waals surface area contributed by atoms with E-state index in [1.165, 1.54) is 12.3 Å². The Morgan fingerprint density at radius 2 is 1.68 bits per heavy atom. The van der Waals surface area contributed by atoms with Gasteiger partial charge in [0.15, 0.2) is 0 Å². The molecule has 9 heteroatoms. The molecular formula is C22H15N5O3S. The van der Waals surface area contributed by atoms with E-state index in [4.69, 9.17) is 11.0 Å². The molecule has 3 N–H and O–H groups in total. The number of azo groups is 1. The van der Waals surface area contributed by atoms with Gasteiger partial charge in [-0.15, -0.1) is 10.2 Å². The topological polar surface area (TPSA) is 142 Å². The van der Waals surface area contributed by atoms with Gasteiger partial charge in [-0.3, -0.25) is 9.54 Å². The number of nitriles is 1. The summed E-state index contributed by atoms with van der Waals surface area (Å²) in [5, 5.41) is 17.8. The molecule has 0 aliphatic carbocycles. The molecule has 1 aromatic heterocycles. The monoisotopic (exact) mass is 429 g/mol. The van der Waals surface area contributed by atoms with E-state index in [9.17, 15) is 13.0 Å². The van der Waals surface area contributed by atoms with Crippen molar-refractivity contribution in [3.63, 3.8) is 0 Å². The highest BCUT2D eigenvalue weighted by atomic mass is 32.2. The molecule has 0 spiro atoms. The van der Waals surface area contributed by atoms with E-state index in [-0.39, 0.29) is 16.3 Å². The average molecular weight is 429 g/mol. The Morgan fingerprint density at radius 3 is 2.29 bits per heavy atom. The number of nitrogens with two attached hydrogens (primary N) is 1. The lowest BCUT2D eigenvalue weighted by Gasteiger charge is -2.09. The van der Waals surface area contributed by atoms with Crippen molar-refractivity contribution in [1.29, 1.82) is 5.26 Å². The first-order valence-electron chi connectivity index (χ1n) is 9.04. The molecule has 0 fully saturated rings. The average Bonchev–Trinajstić information content (AvgIpc) is 2.78. The molecule has 0 unspecified atom stereocenters. The van der Waals surface area contributed by atoms with Crippen LogP contribution in [0.5, 0.6) is 0 Å². The summed E-state index contributed by atoms with van der Waals surface area (Å²) in [4.78, 5) is 4.05. The van der Waals surface area contributed by atoms with Crippen molar-refractivity contribution >= 4 is 38.0 Å². The van der Waals surface area contributed by atoms with E-state index in [2.05, 4.69) is 21.3 Å². The Balaban J connectivity index is 1.68. The van der Waals surface area contributed by atoms with Gasteiger partial charge in [-0.1, -0.05) is 36.4 Å². The summed E-state index contributed by atoms with van der Waals surface area (Å²) < 4.78 is 33.2. The predicted octanol–water partition coefficient (Wildman–Crippen LogP) is 5.02. The molecular weight excluding hydrogens is 414 g/mol. The van der Waals surface area contributed by atoms with Crippen molar-refractivity contribution in [3.05, 3.63) is 78.5 Å². The van der Waals surface area contributed by atoms with Crippen LogP contribution in [0.1, 0.15) is 5.56 Å². The van der Waals surface area contributed by atoms with Crippen LogP contribution >= 0.6 is 0 Å². The van der Waals surface area contributed by atoms with E-state index in [0.717, 1.165) is 5.56 Å². The molecule has 0 saturated carbocycles. The zero-order valence-corrected chi connectivity index (χ0v) is 16.8. The van der Waals surface area contributed by atoms with Gasteiger partial charge in [0, 0.05) is 16.3 Å². The first kappa shape index (κ1) is 20.2. The van der Waals surface area contributed by atoms with Gasteiger partial charge in [-0.05, 0) is 30.3 Å². The molecule has 31 heavy (non-hydrogen) atoms. The first-order valence-corrected chi connectivity index (χ1v) is 10.5. The van der Waals surface area contributed by atoms with Crippen molar-refractivity contribution in [2.45, 2.75) is 4.90 Å². The molecule has 0 aliphatic heterocycles. The highest BCUT2D eigenvalue weighted by Gasteiger charge is 2.18. The minimum Gasteiger partial charge on any atom is -0.396 e. The van der Waals surface area contributed by atoms with E-state index >= 15 is 0 Å². The van der Waals surface area contributed by atoms with E-state index in [1.54, 1.807) is 60.7 Å². The SMILES string of the molecule is N#Cc1ccc(-c2ccc(/N=N/c3cc(S(=O)(=O)O)c4ccccc4c3N)cn2)cc1. The van der Waals surface area contributed by atoms with Crippen molar-refractivity contribution in [2.75, 3.05) is 5.73 Å². The van der Waals surface area contributed by atoms with Crippen LogP contribution in [0.4, 0.5) is 17.1 Å². The molecule has 0 aliphatic rings. The largest absolute Gasteiger partial charge is 0.396 e. The second-order valence-electron chi connectivity index (χ2n) is 6.62. The number of fused-ring (bicyclic) bond motifs is 1. The lowest BCUT2D eigenvalue weighted by molar-refractivity contribution is 0.484. The lowest BCUT2D eigenvalue weighted by Crippen LogP contribution is -2.01. The van der Waals surface area contributed by atoms with E-state index < -0.39 is 10.1 Å². The van der Waals surface area contributed by atoms with Crippen molar-refractivity contribution < 1.29 is 13.0 Å². The maximum Gasteiger partial charge on any atom is 0.295 e. The fourth-order valence-corrected chi connectivity index (χ4v) is 3.81. The van der Waals surface area contributed by atoms with Crippen LogP contribution in [0.2, 0.25) is 0 Å². The molecule has 8 nitrogen and oxygen atoms in total. The summed E-state index contributed by atoms with van der Waals surface area (Å²) in [6.07, 6.45) is 1.51. The fourth-order valence-electron chi connectivity index (χ4n) is 3.09. The maximum absolute atomic E-state index is 11.8. The molecule has 3 aromatic carbocycles. The standard InChI is InChI=1S/C22H15N5O3S/c23-12-14-5-7-15(8-6-14)19-10-9-16(13-25-19)26-27-20-11-21(31(28,29)30)17-3-1-2-4-18(17)22(20)24/h1-11,13H,24H2,(H,28,29,30)/b27-26+. The normalized spacial score (nSPS) is 11.6. The quantitative estimate of drug-likeness (QED) is 0.265. The van der Waals surface area contributed by atoms with Gasteiger partial charge in [-0.25, -0.2) is 0 Å². The first-order chi connectivity index (χ1) is 14.9. The predicted molar refractivity (Wildman–Crippen MR) is 117 cm³/mol. The molecule has 0 saturated heterocycles. The number of benzene rings is 3. The Bertz CT molecular complexity index is 1460. The maximum atomic E-state index is 11.8. The van der Waals surface area contributed by atoms with Gasteiger partial charge in [0.05, 0.1) is 29.2 Å². The molecule has 0 atom stereocenters. The minimum absolute atomic E-state index is 0.113. The summed E-state index contributed by atoms with van der Waals surface area (Å²) in [6, 6.07) is 20.3. The number of hydrogen-bond donors (Lipinski definition) is 2. The lowest BCUT2D eigenvalue weighted by atomic mass is 10.1. The highest BCUT2D eigenvalue weighted by Crippen LogP contribution is 2.36. The summed E-state index contributed by atoms with van der Waals surface area (Å²) in [5.41, 5.74) is 9.04. The zero-order chi connectivity index (χ0) is 22.0. The van der Waals surface area contributed by atoms with Crippen LogP contribution in [0.25, 0.3) is 22.0 Å². The Morgan fingerprint density at radius 1 is 0.968 bits per heavy atom. The van der Waals surface area contributed by atoms with E-state index in [0.29, 0.717) is 27.7 Å². The van der Waals surface area contributed by atoms with Crippen molar-refractivity contribution in [1.82, 2.24) is 4.98 Å². The van der Waals surface area contributed by atoms with Crippen LogP contribution in [-0.4, -0.2) is 18.0 Å². The van der Waals surface area contributed by atoms with Gasteiger partial charge in [-0.2, -0.15) is 13.7 Å². The third-order valence-electron chi connectivity index (χ3n) is 4.64. The number of hydrogen-bond acceptors (Lipinski definition) is 7. The molecule has 4 aromatic rings. The molecule has 0 radical (unpaired) electrons. The minimum atomic E-state index is -4.48. The van der Waals surface area contributed by atoms with Crippen LogP contribution < -0.4 is 5.73 Å². The Kier molecular flexibility index (Phi) is 5.17. The van der Waals surface area contributed by atoms with Gasteiger partial charge in [0.25, 0.3) is 10.1 Å². The van der Waals surface area contributed by atoms with Crippen LogP contribution in [0.3, 0.4) is 0 Å². The summed E-state index contributed by atoms with van der Waals surface area (Å²) >= 11 is 0. The van der Waals surface area contributed by atoms with Gasteiger partial charge in [0.1, 0.15) is 16.3 Å². The highest BCUT2D eigenvalue weighted by molar-refractivity contribution is 7.86. The summed E-state index contributed by atoms with van der Waals surface area (Å²) in [7, 11) is -4.48. The second kappa shape index (κ2) is 7.95. The molecule has 1 heterocycles. The molecule has 4 rings (SSSR count). The van der Waals surface area contributed by atoms with Gasteiger partial charge < -0.3 is 5.73 Å². The van der Waals surface area contributed by atoms with Crippen molar-refractivity contribution in [2.24, 2.45) is 10.2 Å². The summed E-state index contributed by atoms with van der Waals surface area (Å²) in [6.45, 7) is 0. The van der Waals surface area contributed by atoms with Crippen LogP contribution in [0, 0.1) is 11.3 Å². The number of anilines is 1.